The van der Waals surface area contributed by atoms with Crippen molar-refractivity contribution in [2.75, 3.05) is 53.0 Å². The van der Waals surface area contributed by atoms with Crippen molar-refractivity contribution >= 4 is 16.8 Å². The Morgan fingerprint density at radius 2 is 1.68 bits per heavy atom. The summed E-state index contributed by atoms with van der Waals surface area (Å²) in [5, 5.41) is 1.17. The first-order valence-electron chi connectivity index (χ1n) is 14.2. The number of carbonyl (C=O) groups excluding carboxylic acids is 1. The fraction of sp³-hybridized carbons (Fsp3) is 0.333. The van der Waals surface area contributed by atoms with E-state index in [9.17, 15) is 4.79 Å². The highest BCUT2D eigenvalue weighted by molar-refractivity contribution is 5.82. The van der Waals surface area contributed by atoms with Crippen LogP contribution < -0.4 is 14.2 Å². The van der Waals surface area contributed by atoms with Gasteiger partial charge in [-0.05, 0) is 60.6 Å². The molecule has 0 saturated carbocycles. The zero-order valence-corrected chi connectivity index (χ0v) is 23.4. The van der Waals surface area contributed by atoms with E-state index in [1.165, 1.54) is 16.5 Å². The first kappa shape index (κ1) is 27.1. The van der Waals surface area contributed by atoms with Crippen molar-refractivity contribution in [3.8, 4) is 17.2 Å². The van der Waals surface area contributed by atoms with Crippen LogP contribution >= 0.6 is 0 Å². The van der Waals surface area contributed by atoms with Crippen molar-refractivity contribution in [3.63, 3.8) is 0 Å². The number of rotatable bonds is 9. The Morgan fingerprint density at radius 1 is 0.927 bits per heavy atom. The molecule has 1 fully saturated rings. The summed E-state index contributed by atoms with van der Waals surface area (Å²) < 4.78 is 17.7. The number of nitrogens with zero attached hydrogens (tertiary/aromatic N) is 4. The molecule has 0 spiro atoms. The predicted octanol–water partition coefficient (Wildman–Crippen LogP) is 4.23. The lowest BCUT2D eigenvalue weighted by molar-refractivity contribution is -0.143. The maximum absolute atomic E-state index is 13.0. The molecule has 1 amide bonds. The number of para-hydroxylation sites is 2. The molecule has 1 aromatic heterocycles. The summed E-state index contributed by atoms with van der Waals surface area (Å²) >= 11 is 0. The third kappa shape index (κ3) is 6.78. The Balaban J connectivity index is 0.902. The van der Waals surface area contributed by atoms with Gasteiger partial charge in [0.2, 0.25) is 6.10 Å². The molecule has 0 aliphatic carbocycles. The number of amides is 1. The van der Waals surface area contributed by atoms with Gasteiger partial charge in [0.25, 0.3) is 5.91 Å². The smallest absolute Gasteiger partial charge is 0.267 e. The zero-order chi connectivity index (χ0) is 28.0. The third-order valence-corrected chi connectivity index (χ3v) is 7.64. The maximum atomic E-state index is 13.0. The van der Waals surface area contributed by atoms with Gasteiger partial charge in [-0.2, -0.15) is 0 Å². The average Bonchev–Trinajstić information content (AvgIpc) is 3.01. The molecule has 41 heavy (non-hydrogen) atoms. The fourth-order valence-electron chi connectivity index (χ4n) is 5.42. The van der Waals surface area contributed by atoms with Gasteiger partial charge in [0.1, 0.15) is 19.0 Å². The monoisotopic (exact) mass is 552 g/mol. The van der Waals surface area contributed by atoms with Gasteiger partial charge >= 0.3 is 0 Å². The van der Waals surface area contributed by atoms with Crippen molar-refractivity contribution in [1.82, 2.24) is 19.7 Å². The van der Waals surface area contributed by atoms with Crippen LogP contribution in [0.3, 0.4) is 0 Å². The van der Waals surface area contributed by atoms with E-state index in [0.29, 0.717) is 31.2 Å². The molecule has 2 aliphatic heterocycles. The molecule has 0 radical (unpaired) electrons. The van der Waals surface area contributed by atoms with Crippen molar-refractivity contribution in [2.24, 2.45) is 0 Å². The predicted molar refractivity (Wildman–Crippen MR) is 158 cm³/mol. The summed E-state index contributed by atoms with van der Waals surface area (Å²) in [5.41, 5.74) is 3.55. The van der Waals surface area contributed by atoms with Crippen LogP contribution in [0.5, 0.6) is 17.2 Å². The molecular formula is C33H36N4O4. The van der Waals surface area contributed by atoms with E-state index in [1.54, 1.807) is 0 Å². The SMILES string of the molecule is CN(Cc1ccc(OCCN2CCN(C(=O)C3COc4ccccc4O3)CC2)cc1)Cc1ccc2ncccc2c1. The van der Waals surface area contributed by atoms with E-state index in [1.807, 2.05) is 53.6 Å². The number of hydrogen-bond donors (Lipinski definition) is 0. The number of fused-ring (bicyclic) bond motifs is 2. The van der Waals surface area contributed by atoms with Crippen LogP contribution in [0.2, 0.25) is 0 Å². The third-order valence-electron chi connectivity index (χ3n) is 7.64. The summed E-state index contributed by atoms with van der Waals surface area (Å²) in [5.74, 6) is 2.20. The Labute approximate surface area is 241 Å². The molecule has 3 heterocycles. The highest BCUT2D eigenvalue weighted by Gasteiger charge is 2.32. The van der Waals surface area contributed by atoms with E-state index < -0.39 is 6.10 Å². The number of ether oxygens (including phenoxy) is 3. The van der Waals surface area contributed by atoms with Crippen LogP contribution in [-0.4, -0.2) is 84.7 Å². The van der Waals surface area contributed by atoms with Gasteiger partial charge in [-0.15, -0.1) is 0 Å². The van der Waals surface area contributed by atoms with Crippen LogP contribution in [0.15, 0.2) is 85.1 Å². The molecule has 0 bridgehead atoms. The Hall–Kier alpha value is -4.14. The minimum Gasteiger partial charge on any atom is -0.492 e. The molecule has 8 heteroatoms. The molecule has 1 unspecified atom stereocenters. The number of hydrogen-bond acceptors (Lipinski definition) is 7. The molecule has 3 aromatic carbocycles. The van der Waals surface area contributed by atoms with Crippen molar-refractivity contribution in [2.45, 2.75) is 19.2 Å². The highest BCUT2D eigenvalue weighted by atomic mass is 16.6. The second-order valence-electron chi connectivity index (χ2n) is 10.7. The summed E-state index contributed by atoms with van der Waals surface area (Å²) in [6.45, 7) is 6.41. The number of benzene rings is 3. The fourth-order valence-corrected chi connectivity index (χ4v) is 5.42. The lowest BCUT2D eigenvalue weighted by Crippen LogP contribution is -2.54. The minimum absolute atomic E-state index is 0.00398. The van der Waals surface area contributed by atoms with Gasteiger partial charge in [-0.3, -0.25) is 19.6 Å². The number of aromatic nitrogens is 1. The quantitative estimate of drug-likeness (QED) is 0.308. The van der Waals surface area contributed by atoms with E-state index in [2.05, 4.69) is 58.2 Å². The molecule has 0 N–H and O–H groups in total. The van der Waals surface area contributed by atoms with E-state index in [-0.39, 0.29) is 12.5 Å². The van der Waals surface area contributed by atoms with E-state index in [4.69, 9.17) is 14.2 Å². The highest BCUT2D eigenvalue weighted by Crippen LogP contribution is 2.31. The topological polar surface area (TPSA) is 67.4 Å². The first-order chi connectivity index (χ1) is 20.1. The Bertz CT molecular complexity index is 1470. The molecule has 1 saturated heterocycles. The normalized spacial score (nSPS) is 17.1. The summed E-state index contributed by atoms with van der Waals surface area (Å²) in [6, 6.07) is 26.4. The van der Waals surface area contributed by atoms with Crippen LogP contribution in [0, 0.1) is 0 Å². The molecule has 2 aliphatic rings. The summed E-state index contributed by atoms with van der Waals surface area (Å²) in [7, 11) is 2.14. The number of pyridine rings is 1. The van der Waals surface area contributed by atoms with Crippen LogP contribution in [0.25, 0.3) is 10.9 Å². The largest absolute Gasteiger partial charge is 0.492 e. The number of carbonyl (C=O) groups is 1. The second kappa shape index (κ2) is 12.6. The molecule has 8 nitrogen and oxygen atoms in total. The van der Waals surface area contributed by atoms with Gasteiger partial charge in [-0.25, -0.2) is 0 Å². The number of piperazine rings is 1. The van der Waals surface area contributed by atoms with Crippen molar-refractivity contribution in [3.05, 3.63) is 96.2 Å². The maximum Gasteiger partial charge on any atom is 0.267 e. The van der Waals surface area contributed by atoms with Crippen LogP contribution in [0.4, 0.5) is 0 Å². The van der Waals surface area contributed by atoms with E-state index in [0.717, 1.165) is 44.0 Å². The van der Waals surface area contributed by atoms with Crippen LogP contribution in [0.1, 0.15) is 11.1 Å². The van der Waals surface area contributed by atoms with Gasteiger partial charge in [0, 0.05) is 57.4 Å². The minimum atomic E-state index is -0.584. The summed E-state index contributed by atoms with van der Waals surface area (Å²) in [6.07, 6.45) is 1.25. The zero-order valence-electron chi connectivity index (χ0n) is 23.4. The Kier molecular flexibility index (Phi) is 8.30. The van der Waals surface area contributed by atoms with Gasteiger partial charge in [0.15, 0.2) is 11.5 Å². The van der Waals surface area contributed by atoms with Crippen LogP contribution in [-0.2, 0) is 17.9 Å². The first-order valence-corrected chi connectivity index (χ1v) is 14.2. The molecule has 4 aromatic rings. The van der Waals surface area contributed by atoms with E-state index >= 15 is 0 Å². The molecule has 1 atom stereocenters. The average molecular weight is 553 g/mol. The van der Waals surface area contributed by atoms with Gasteiger partial charge in [0.05, 0.1) is 5.52 Å². The Morgan fingerprint density at radius 3 is 2.51 bits per heavy atom. The molecular weight excluding hydrogens is 516 g/mol. The lowest BCUT2D eigenvalue weighted by Gasteiger charge is -2.37. The standard InChI is InChI=1S/C33H36N4O4/c1-35(23-26-10-13-29-27(21-26)5-4-14-34-29)22-25-8-11-28(12-9-25)39-20-19-36-15-17-37(18-16-36)33(38)32-24-40-30-6-2-3-7-31(30)41-32/h2-14,21,32H,15-20,22-24H2,1H3. The second-order valence-corrected chi connectivity index (χ2v) is 10.7. The molecule has 6 rings (SSSR count). The van der Waals surface area contributed by atoms with Crippen molar-refractivity contribution in [1.29, 1.82) is 0 Å². The van der Waals surface area contributed by atoms with Gasteiger partial charge < -0.3 is 19.1 Å². The molecule has 212 valence electrons. The van der Waals surface area contributed by atoms with Gasteiger partial charge in [-0.1, -0.05) is 36.4 Å². The van der Waals surface area contributed by atoms with Crippen molar-refractivity contribution < 1.29 is 19.0 Å². The lowest BCUT2D eigenvalue weighted by atomic mass is 10.1. The summed E-state index contributed by atoms with van der Waals surface area (Å²) in [4.78, 5) is 23.9.